The van der Waals surface area contributed by atoms with Gasteiger partial charge in [-0.25, -0.2) is 0 Å². The van der Waals surface area contributed by atoms with Crippen LogP contribution in [0.4, 0.5) is 5.69 Å². The van der Waals surface area contributed by atoms with E-state index in [1.165, 1.54) is 12.4 Å². The molecule has 0 spiro atoms. The molecule has 7 nitrogen and oxygen atoms in total. The summed E-state index contributed by atoms with van der Waals surface area (Å²) in [6.07, 6.45) is 1.42. The molecule has 1 amide bonds. The average molecular weight is 329 g/mol. The van der Waals surface area contributed by atoms with Crippen molar-refractivity contribution in [3.05, 3.63) is 54.4 Å². The Balaban J connectivity index is 1.94. The van der Waals surface area contributed by atoms with Crippen LogP contribution < -0.4 is 20.5 Å². The summed E-state index contributed by atoms with van der Waals surface area (Å²) in [7, 11) is 1.50. The summed E-state index contributed by atoms with van der Waals surface area (Å²) in [6, 6.07) is 11.3. The summed E-state index contributed by atoms with van der Waals surface area (Å²) in [5, 5.41) is 15.4. The molecule has 0 saturated heterocycles. The highest BCUT2D eigenvalue weighted by molar-refractivity contribution is 5.94. The number of nitrogens with two attached hydrogens (primary N) is 1. The van der Waals surface area contributed by atoms with E-state index < -0.39 is 17.9 Å². The first-order valence-corrected chi connectivity index (χ1v) is 7.47. The number of carboxylic acid groups (broad SMARTS) is 1. The van der Waals surface area contributed by atoms with E-state index in [1.807, 2.05) is 6.07 Å². The Bertz CT molecular complexity index is 691. The second kappa shape index (κ2) is 8.64. The van der Waals surface area contributed by atoms with Crippen molar-refractivity contribution in [2.75, 3.05) is 12.4 Å². The number of nitrogens with one attached hydrogen (secondary N) is 1. The van der Waals surface area contributed by atoms with E-state index >= 15 is 0 Å². The van der Waals surface area contributed by atoms with Crippen LogP contribution in [-0.2, 0) is 16.1 Å². The highest BCUT2D eigenvalue weighted by Gasteiger charge is 2.19. The van der Waals surface area contributed by atoms with E-state index in [1.54, 1.807) is 42.6 Å². The van der Waals surface area contributed by atoms with Crippen molar-refractivity contribution in [2.24, 2.45) is 0 Å². The van der Waals surface area contributed by atoms with Crippen LogP contribution in [0.5, 0.6) is 5.75 Å². The molecular formula is C17H19N3O4. The van der Waals surface area contributed by atoms with Crippen molar-refractivity contribution in [3.63, 3.8) is 0 Å². The molecule has 24 heavy (non-hydrogen) atoms. The third kappa shape index (κ3) is 5.06. The van der Waals surface area contributed by atoms with Crippen LogP contribution in [0.3, 0.4) is 0 Å². The molecule has 0 saturated carbocycles. The predicted octanol–water partition coefficient (Wildman–Crippen LogP) is -0.699. The lowest BCUT2D eigenvalue weighted by molar-refractivity contribution is -0.697. The van der Waals surface area contributed by atoms with E-state index in [4.69, 9.17) is 4.74 Å². The molecular weight excluding hydrogens is 310 g/mol. The monoisotopic (exact) mass is 329 g/mol. The van der Waals surface area contributed by atoms with Gasteiger partial charge in [-0.05, 0) is 24.3 Å². The summed E-state index contributed by atoms with van der Waals surface area (Å²) in [5.41, 5.74) is 1.22. The number of pyridine rings is 1. The van der Waals surface area contributed by atoms with E-state index in [9.17, 15) is 14.7 Å². The molecule has 0 fully saturated rings. The fourth-order valence-electron chi connectivity index (χ4n) is 2.19. The number of amides is 1. The van der Waals surface area contributed by atoms with Crippen molar-refractivity contribution in [1.82, 2.24) is 4.98 Å². The number of carbonyl (C=O) groups is 2. The number of aliphatic carboxylic acids is 1. The van der Waals surface area contributed by atoms with Gasteiger partial charge in [-0.1, -0.05) is 18.2 Å². The van der Waals surface area contributed by atoms with Crippen molar-refractivity contribution < 1.29 is 24.7 Å². The minimum atomic E-state index is -1.29. The number of quaternary nitrogens is 1. The number of hydrogen-bond acceptors (Lipinski definition) is 5. The SMILES string of the molecule is COc1ccccc1NC(=O)C[C@@H]([NH2+]Cc1ccccn1)C(=O)[O-]. The highest BCUT2D eigenvalue weighted by atomic mass is 16.5. The Morgan fingerprint density at radius 1 is 1.25 bits per heavy atom. The lowest BCUT2D eigenvalue weighted by Crippen LogP contribution is -2.92. The molecule has 3 N–H and O–H groups in total. The maximum Gasteiger partial charge on any atom is 0.230 e. The first-order valence-electron chi connectivity index (χ1n) is 7.47. The standard InChI is InChI=1S/C17H19N3O4/c1-24-15-8-3-2-7-13(15)20-16(21)10-14(17(22)23)19-11-12-6-4-5-9-18-12/h2-9,14,19H,10-11H2,1H3,(H,20,21)(H,22,23)/t14-/m1/s1. The van der Waals surface area contributed by atoms with Crippen molar-refractivity contribution in [3.8, 4) is 5.75 Å². The number of anilines is 1. The summed E-state index contributed by atoms with van der Waals surface area (Å²) >= 11 is 0. The first kappa shape index (κ1) is 17.4. The maximum absolute atomic E-state index is 12.1. The minimum Gasteiger partial charge on any atom is -0.544 e. The molecule has 0 aliphatic carbocycles. The summed E-state index contributed by atoms with van der Waals surface area (Å²) < 4.78 is 5.14. The molecule has 0 aliphatic rings. The number of hydrogen-bond donors (Lipinski definition) is 2. The molecule has 1 atom stereocenters. The Morgan fingerprint density at radius 2 is 2.00 bits per heavy atom. The Kier molecular flexibility index (Phi) is 6.27. The number of aromatic nitrogens is 1. The third-order valence-corrected chi connectivity index (χ3v) is 3.43. The zero-order valence-corrected chi connectivity index (χ0v) is 13.3. The van der Waals surface area contributed by atoms with Crippen LogP contribution in [0.2, 0.25) is 0 Å². The molecule has 0 radical (unpaired) electrons. The van der Waals surface area contributed by atoms with Gasteiger partial charge in [-0.3, -0.25) is 9.78 Å². The minimum absolute atomic E-state index is 0.215. The van der Waals surface area contributed by atoms with Crippen molar-refractivity contribution in [1.29, 1.82) is 0 Å². The third-order valence-electron chi connectivity index (χ3n) is 3.43. The molecule has 2 rings (SSSR count). The summed E-state index contributed by atoms with van der Waals surface area (Å²) in [6.45, 7) is 0.349. The van der Waals surface area contributed by atoms with Crippen LogP contribution in [0.15, 0.2) is 48.7 Å². The van der Waals surface area contributed by atoms with Crippen molar-refractivity contribution >= 4 is 17.6 Å². The second-order valence-corrected chi connectivity index (χ2v) is 5.14. The Labute approximate surface area is 139 Å². The number of nitrogens with zero attached hydrogens (tertiary/aromatic N) is 1. The Hall–Kier alpha value is -2.93. The summed E-state index contributed by atoms with van der Waals surface area (Å²) in [5.74, 6) is -1.21. The van der Waals surface area contributed by atoms with E-state index in [-0.39, 0.29) is 6.42 Å². The number of carbonyl (C=O) groups excluding carboxylic acids is 2. The second-order valence-electron chi connectivity index (χ2n) is 5.14. The maximum atomic E-state index is 12.1. The fraction of sp³-hybridized carbons (Fsp3) is 0.235. The first-order chi connectivity index (χ1) is 11.6. The van der Waals surface area contributed by atoms with Crippen LogP contribution in [0.25, 0.3) is 0 Å². The molecule has 7 heteroatoms. The molecule has 1 aromatic carbocycles. The molecule has 2 aromatic rings. The molecule has 0 bridgehead atoms. The molecule has 0 aliphatic heterocycles. The zero-order chi connectivity index (χ0) is 17.4. The van der Waals surface area contributed by atoms with Gasteiger partial charge in [-0.2, -0.15) is 0 Å². The lowest BCUT2D eigenvalue weighted by atomic mass is 10.2. The van der Waals surface area contributed by atoms with E-state index in [0.29, 0.717) is 18.0 Å². The van der Waals surface area contributed by atoms with Gasteiger partial charge in [0.25, 0.3) is 0 Å². The van der Waals surface area contributed by atoms with Gasteiger partial charge < -0.3 is 25.3 Å². The van der Waals surface area contributed by atoms with Crippen LogP contribution in [0.1, 0.15) is 12.1 Å². The number of para-hydroxylation sites is 2. The van der Waals surface area contributed by atoms with E-state index in [0.717, 1.165) is 5.69 Å². The van der Waals surface area contributed by atoms with Gasteiger partial charge in [0, 0.05) is 6.20 Å². The van der Waals surface area contributed by atoms with Crippen LogP contribution in [0, 0.1) is 0 Å². The fourth-order valence-corrected chi connectivity index (χ4v) is 2.19. The summed E-state index contributed by atoms with van der Waals surface area (Å²) in [4.78, 5) is 27.5. The van der Waals surface area contributed by atoms with Gasteiger partial charge >= 0.3 is 0 Å². The normalized spacial score (nSPS) is 11.5. The molecule has 1 aromatic heterocycles. The van der Waals surface area contributed by atoms with Gasteiger partial charge in [0.1, 0.15) is 18.3 Å². The number of methoxy groups -OCH3 is 1. The van der Waals surface area contributed by atoms with Crippen LogP contribution in [-0.4, -0.2) is 30.0 Å². The van der Waals surface area contributed by atoms with Gasteiger partial charge in [0.15, 0.2) is 0 Å². The average Bonchev–Trinajstić information content (AvgIpc) is 2.59. The smallest absolute Gasteiger partial charge is 0.230 e. The van der Waals surface area contributed by atoms with E-state index in [2.05, 4.69) is 10.3 Å². The Morgan fingerprint density at radius 3 is 2.67 bits per heavy atom. The highest BCUT2D eigenvalue weighted by Crippen LogP contribution is 2.23. The quantitative estimate of drug-likeness (QED) is 0.666. The number of rotatable bonds is 8. The number of benzene rings is 1. The molecule has 1 heterocycles. The van der Waals surface area contributed by atoms with Crippen LogP contribution >= 0.6 is 0 Å². The van der Waals surface area contributed by atoms with Crippen molar-refractivity contribution in [2.45, 2.75) is 19.0 Å². The van der Waals surface area contributed by atoms with Gasteiger partial charge in [-0.15, -0.1) is 0 Å². The predicted molar refractivity (Wildman–Crippen MR) is 84.9 cm³/mol. The largest absolute Gasteiger partial charge is 0.544 e. The topological polar surface area (TPSA) is 108 Å². The molecule has 126 valence electrons. The lowest BCUT2D eigenvalue weighted by Gasteiger charge is -2.16. The van der Waals surface area contributed by atoms with Gasteiger partial charge in [0.2, 0.25) is 5.91 Å². The zero-order valence-electron chi connectivity index (χ0n) is 13.3. The number of carboxylic acids is 1. The molecule has 0 unspecified atom stereocenters. The number of ether oxygens (including phenoxy) is 1. The van der Waals surface area contributed by atoms with Gasteiger partial charge in [0.05, 0.1) is 30.9 Å².